The van der Waals surface area contributed by atoms with E-state index in [2.05, 4.69) is 16.7 Å². The van der Waals surface area contributed by atoms with Gasteiger partial charge >= 0.3 is 5.97 Å². The van der Waals surface area contributed by atoms with Crippen molar-refractivity contribution in [3.05, 3.63) is 52.5 Å². The molecule has 1 fully saturated rings. The Labute approximate surface area is 146 Å². The maximum absolute atomic E-state index is 11.5. The van der Waals surface area contributed by atoms with Gasteiger partial charge in [-0.2, -0.15) is 0 Å². The van der Waals surface area contributed by atoms with Gasteiger partial charge in [-0.25, -0.2) is 4.79 Å². The average molecular weight is 346 g/mol. The van der Waals surface area contributed by atoms with Crippen molar-refractivity contribution in [3.8, 4) is 0 Å². The molecule has 1 aliphatic rings. The normalized spacial score (nSPS) is 14.8. The molecule has 0 spiro atoms. The fraction of sp³-hybridized carbons (Fsp3) is 0.278. The van der Waals surface area contributed by atoms with Crippen molar-refractivity contribution < 1.29 is 9.90 Å². The Morgan fingerprint density at radius 2 is 1.67 bits per heavy atom. The van der Waals surface area contributed by atoms with Crippen molar-refractivity contribution in [1.29, 1.82) is 0 Å². The lowest BCUT2D eigenvalue weighted by molar-refractivity contribution is 0.0697. The molecule has 0 radical (unpaired) electrons. The minimum atomic E-state index is -0.953. The lowest BCUT2D eigenvalue weighted by atomic mass is 10.1. The van der Waals surface area contributed by atoms with Crippen LogP contribution in [-0.2, 0) is 0 Å². The highest BCUT2D eigenvalue weighted by molar-refractivity contribution is 6.30. The SMILES string of the molecule is Cc1ccc(Cl)cc1N1CCN(c2ccc(N)cc2C(=O)O)CC1. The van der Waals surface area contributed by atoms with E-state index in [0.717, 1.165) is 42.6 Å². The van der Waals surface area contributed by atoms with Gasteiger partial charge in [0, 0.05) is 42.6 Å². The monoisotopic (exact) mass is 345 g/mol. The molecule has 2 aromatic carbocycles. The number of carboxylic acid groups (broad SMARTS) is 1. The van der Waals surface area contributed by atoms with Crippen molar-refractivity contribution in [2.45, 2.75) is 6.92 Å². The average Bonchev–Trinajstić information content (AvgIpc) is 2.57. The number of aromatic carboxylic acids is 1. The van der Waals surface area contributed by atoms with Gasteiger partial charge in [0.05, 0.1) is 11.3 Å². The summed E-state index contributed by atoms with van der Waals surface area (Å²) in [4.78, 5) is 15.9. The van der Waals surface area contributed by atoms with Crippen molar-refractivity contribution in [3.63, 3.8) is 0 Å². The van der Waals surface area contributed by atoms with Gasteiger partial charge in [0.1, 0.15) is 0 Å². The molecule has 0 aliphatic carbocycles. The Kier molecular flexibility index (Phi) is 4.53. The van der Waals surface area contributed by atoms with E-state index in [1.165, 1.54) is 11.6 Å². The summed E-state index contributed by atoms with van der Waals surface area (Å²) < 4.78 is 0. The summed E-state index contributed by atoms with van der Waals surface area (Å²) in [7, 11) is 0. The Morgan fingerprint density at radius 1 is 1.04 bits per heavy atom. The van der Waals surface area contributed by atoms with Crippen molar-refractivity contribution >= 4 is 34.6 Å². The van der Waals surface area contributed by atoms with Crippen LogP contribution in [0.4, 0.5) is 17.1 Å². The highest BCUT2D eigenvalue weighted by atomic mass is 35.5. The van der Waals surface area contributed by atoms with Crippen molar-refractivity contribution in [1.82, 2.24) is 0 Å². The first kappa shape index (κ1) is 16.5. The topological polar surface area (TPSA) is 69.8 Å². The first-order chi connectivity index (χ1) is 11.5. The van der Waals surface area contributed by atoms with Gasteiger partial charge in [-0.1, -0.05) is 17.7 Å². The number of nitrogens with zero attached hydrogens (tertiary/aromatic N) is 2. The summed E-state index contributed by atoms with van der Waals surface area (Å²) in [5, 5.41) is 10.1. The van der Waals surface area contributed by atoms with E-state index in [4.69, 9.17) is 17.3 Å². The van der Waals surface area contributed by atoms with Crippen molar-refractivity contribution in [2.24, 2.45) is 0 Å². The number of hydrogen-bond donors (Lipinski definition) is 2. The van der Waals surface area contributed by atoms with Crippen LogP contribution in [0.2, 0.25) is 5.02 Å². The first-order valence-electron chi connectivity index (χ1n) is 7.84. The number of carbonyl (C=O) groups is 1. The first-order valence-corrected chi connectivity index (χ1v) is 8.22. The molecule has 24 heavy (non-hydrogen) atoms. The highest BCUT2D eigenvalue weighted by Gasteiger charge is 2.22. The van der Waals surface area contributed by atoms with Gasteiger partial charge in [-0.15, -0.1) is 0 Å². The van der Waals surface area contributed by atoms with Crippen LogP contribution in [0.5, 0.6) is 0 Å². The lowest BCUT2D eigenvalue weighted by Crippen LogP contribution is -2.47. The smallest absolute Gasteiger partial charge is 0.337 e. The molecule has 126 valence electrons. The molecule has 3 N–H and O–H groups in total. The summed E-state index contributed by atoms with van der Waals surface area (Å²) in [5.74, 6) is -0.953. The third-order valence-corrected chi connectivity index (χ3v) is 4.62. The number of nitrogens with two attached hydrogens (primary N) is 1. The lowest BCUT2D eigenvalue weighted by Gasteiger charge is -2.38. The number of nitrogen functional groups attached to an aromatic ring is 1. The molecule has 0 aromatic heterocycles. The quantitative estimate of drug-likeness (QED) is 0.836. The number of anilines is 3. The van der Waals surface area contributed by atoms with Crippen LogP contribution in [0, 0.1) is 6.92 Å². The summed E-state index contributed by atoms with van der Waals surface area (Å²) >= 11 is 6.12. The van der Waals surface area contributed by atoms with Crippen LogP contribution in [0.25, 0.3) is 0 Å². The van der Waals surface area contributed by atoms with E-state index in [1.54, 1.807) is 12.1 Å². The summed E-state index contributed by atoms with van der Waals surface area (Å²) in [5.41, 5.74) is 9.48. The van der Waals surface area contributed by atoms with Gasteiger partial charge in [0.15, 0.2) is 0 Å². The van der Waals surface area contributed by atoms with E-state index in [9.17, 15) is 9.90 Å². The predicted molar refractivity (Wildman–Crippen MR) is 98.4 cm³/mol. The van der Waals surface area contributed by atoms with Crippen molar-refractivity contribution in [2.75, 3.05) is 41.7 Å². The molecule has 1 heterocycles. The molecule has 0 amide bonds. The van der Waals surface area contributed by atoms with E-state index in [1.807, 2.05) is 18.2 Å². The van der Waals surface area contributed by atoms with E-state index < -0.39 is 5.97 Å². The zero-order valence-electron chi connectivity index (χ0n) is 13.5. The Hall–Kier alpha value is -2.40. The number of aryl methyl sites for hydroxylation is 1. The second kappa shape index (κ2) is 6.61. The molecule has 1 aliphatic heterocycles. The standard InChI is InChI=1S/C18H20ClN3O2/c1-12-2-3-13(19)10-17(12)22-8-6-21(7-9-22)16-5-4-14(20)11-15(16)18(23)24/h2-5,10-11H,6-9,20H2,1H3,(H,23,24). The molecule has 0 bridgehead atoms. The number of piperazine rings is 1. The Morgan fingerprint density at radius 3 is 2.29 bits per heavy atom. The number of hydrogen-bond acceptors (Lipinski definition) is 4. The van der Waals surface area contributed by atoms with Crippen LogP contribution < -0.4 is 15.5 Å². The molecular formula is C18H20ClN3O2. The van der Waals surface area contributed by atoms with Gasteiger partial charge in [0.2, 0.25) is 0 Å². The number of rotatable bonds is 3. The summed E-state index contributed by atoms with van der Waals surface area (Å²) in [6.45, 7) is 5.18. The number of halogens is 1. The predicted octanol–water partition coefficient (Wildman–Crippen LogP) is 3.26. The Balaban J connectivity index is 1.78. The molecule has 0 unspecified atom stereocenters. The maximum Gasteiger partial charge on any atom is 0.337 e. The summed E-state index contributed by atoms with van der Waals surface area (Å²) in [6.07, 6.45) is 0. The molecule has 2 aromatic rings. The fourth-order valence-corrected chi connectivity index (χ4v) is 3.28. The highest BCUT2D eigenvalue weighted by Crippen LogP contribution is 2.28. The van der Waals surface area contributed by atoms with Crippen LogP contribution in [0.15, 0.2) is 36.4 Å². The Bertz CT molecular complexity index is 771. The second-order valence-corrected chi connectivity index (χ2v) is 6.42. The molecule has 6 heteroatoms. The molecule has 1 saturated heterocycles. The number of carboxylic acids is 1. The van der Waals surface area contributed by atoms with Crippen LogP contribution in [0.3, 0.4) is 0 Å². The maximum atomic E-state index is 11.5. The summed E-state index contributed by atoms with van der Waals surface area (Å²) in [6, 6.07) is 11.0. The molecule has 3 rings (SSSR count). The minimum Gasteiger partial charge on any atom is -0.478 e. The van der Waals surface area contributed by atoms with E-state index in [-0.39, 0.29) is 5.56 Å². The largest absolute Gasteiger partial charge is 0.478 e. The minimum absolute atomic E-state index is 0.252. The zero-order chi connectivity index (χ0) is 17.3. The second-order valence-electron chi connectivity index (χ2n) is 5.99. The molecule has 0 saturated carbocycles. The zero-order valence-corrected chi connectivity index (χ0v) is 14.3. The molecule has 0 atom stereocenters. The van der Waals surface area contributed by atoms with Crippen LogP contribution in [-0.4, -0.2) is 37.3 Å². The molecular weight excluding hydrogens is 326 g/mol. The fourth-order valence-electron chi connectivity index (χ4n) is 3.11. The molecule has 5 nitrogen and oxygen atoms in total. The van der Waals surface area contributed by atoms with Gasteiger partial charge in [-0.05, 0) is 42.8 Å². The van der Waals surface area contributed by atoms with Gasteiger partial charge in [0.25, 0.3) is 0 Å². The van der Waals surface area contributed by atoms with Gasteiger partial charge in [-0.3, -0.25) is 0 Å². The van der Waals surface area contributed by atoms with E-state index in [0.29, 0.717) is 5.69 Å². The van der Waals surface area contributed by atoms with Crippen LogP contribution >= 0.6 is 11.6 Å². The van der Waals surface area contributed by atoms with Gasteiger partial charge < -0.3 is 20.6 Å². The van der Waals surface area contributed by atoms with E-state index >= 15 is 0 Å². The third kappa shape index (κ3) is 3.26. The van der Waals surface area contributed by atoms with Crippen LogP contribution in [0.1, 0.15) is 15.9 Å². The number of benzene rings is 2. The third-order valence-electron chi connectivity index (χ3n) is 4.38.